The smallest absolute Gasteiger partial charge is 0.235 e. The normalized spacial score (nSPS) is 17.7. The van der Waals surface area contributed by atoms with Crippen LogP contribution in [0.3, 0.4) is 0 Å². The summed E-state index contributed by atoms with van der Waals surface area (Å²) in [6, 6.07) is -0.0231. The molecule has 0 aromatic carbocycles. The topological polar surface area (TPSA) is 69.7 Å². The number of carbonyl (C=O) groups excluding carboxylic acids is 1. The van der Waals surface area contributed by atoms with E-state index >= 15 is 0 Å². The van der Waals surface area contributed by atoms with E-state index in [9.17, 15) is 13.2 Å². The van der Waals surface area contributed by atoms with Gasteiger partial charge in [-0.2, -0.15) is 4.31 Å². The third kappa shape index (κ3) is 7.56. The SMILES string of the molecule is CN(C)CCCNC(=O)CN(C1CCCCCC1)S(C)(=O)=O. The molecule has 0 aromatic heterocycles. The molecule has 1 aliphatic carbocycles. The third-order valence-corrected chi connectivity index (χ3v) is 5.34. The van der Waals surface area contributed by atoms with Gasteiger partial charge in [-0.3, -0.25) is 4.79 Å². The Morgan fingerprint density at radius 2 is 1.73 bits per heavy atom. The molecule has 0 bridgehead atoms. The van der Waals surface area contributed by atoms with Crippen molar-refractivity contribution in [2.24, 2.45) is 0 Å². The Balaban J connectivity index is 2.52. The van der Waals surface area contributed by atoms with Gasteiger partial charge in [0.25, 0.3) is 0 Å². The first-order valence-corrected chi connectivity index (χ1v) is 10.0. The number of hydrogen-bond acceptors (Lipinski definition) is 4. The lowest BCUT2D eigenvalue weighted by molar-refractivity contribution is -0.121. The monoisotopic (exact) mass is 333 g/mol. The molecule has 1 aliphatic rings. The van der Waals surface area contributed by atoms with E-state index in [0.717, 1.165) is 51.5 Å². The Labute approximate surface area is 135 Å². The third-order valence-electron chi connectivity index (χ3n) is 4.06. The molecule has 0 atom stereocenters. The lowest BCUT2D eigenvalue weighted by atomic mass is 10.1. The van der Waals surface area contributed by atoms with Crippen molar-refractivity contribution in [3.63, 3.8) is 0 Å². The van der Waals surface area contributed by atoms with Crippen LogP contribution in [0.25, 0.3) is 0 Å². The molecule has 0 aromatic rings. The molecular weight excluding hydrogens is 302 g/mol. The average Bonchev–Trinajstić information content (AvgIpc) is 2.68. The zero-order chi connectivity index (χ0) is 16.6. The van der Waals surface area contributed by atoms with E-state index in [4.69, 9.17) is 0 Å². The van der Waals surface area contributed by atoms with Crippen molar-refractivity contribution in [2.45, 2.75) is 51.0 Å². The van der Waals surface area contributed by atoms with Crippen LogP contribution in [0, 0.1) is 0 Å². The fourth-order valence-electron chi connectivity index (χ4n) is 2.88. The summed E-state index contributed by atoms with van der Waals surface area (Å²) >= 11 is 0. The molecule has 0 aliphatic heterocycles. The molecule has 7 heteroatoms. The molecule has 1 amide bonds. The fraction of sp³-hybridized carbons (Fsp3) is 0.933. The van der Waals surface area contributed by atoms with Crippen LogP contribution in [0.5, 0.6) is 0 Å². The number of nitrogens with zero attached hydrogens (tertiary/aromatic N) is 2. The fourth-order valence-corrected chi connectivity index (χ4v) is 3.99. The number of nitrogens with one attached hydrogen (secondary N) is 1. The summed E-state index contributed by atoms with van der Waals surface area (Å²) in [6.45, 7) is 1.43. The van der Waals surface area contributed by atoms with Crippen molar-refractivity contribution >= 4 is 15.9 Å². The van der Waals surface area contributed by atoms with Gasteiger partial charge in [-0.1, -0.05) is 25.7 Å². The minimum Gasteiger partial charge on any atom is -0.355 e. The van der Waals surface area contributed by atoms with Gasteiger partial charge in [-0.05, 0) is 39.9 Å². The van der Waals surface area contributed by atoms with Crippen LogP contribution in [0.4, 0.5) is 0 Å². The first kappa shape index (κ1) is 19.4. The molecule has 1 saturated carbocycles. The molecule has 1 rings (SSSR count). The summed E-state index contributed by atoms with van der Waals surface area (Å²) in [5, 5.41) is 2.82. The molecule has 1 fully saturated rings. The van der Waals surface area contributed by atoms with E-state index in [0.29, 0.717) is 6.54 Å². The summed E-state index contributed by atoms with van der Waals surface area (Å²) in [7, 11) is 0.615. The molecule has 6 nitrogen and oxygen atoms in total. The van der Waals surface area contributed by atoms with Gasteiger partial charge >= 0.3 is 0 Å². The van der Waals surface area contributed by atoms with Crippen molar-refractivity contribution in [3.05, 3.63) is 0 Å². The molecule has 22 heavy (non-hydrogen) atoms. The van der Waals surface area contributed by atoms with Gasteiger partial charge in [0.05, 0.1) is 12.8 Å². The lowest BCUT2D eigenvalue weighted by Crippen LogP contribution is -2.46. The lowest BCUT2D eigenvalue weighted by Gasteiger charge is -2.28. The number of amides is 1. The van der Waals surface area contributed by atoms with Gasteiger partial charge in [0.2, 0.25) is 15.9 Å². The maximum Gasteiger partial charge on any atom is 0.235 e. The highest BCUT2D eigenvalue weighted by Gasteiger charge is 2.29. The van der Waals surface area contributed by atoms with Gasteiger partial charge < -0.3 is 10.2 Å². The largest absolute Gasteiger partial charge is 0.355 e. The van der Waals surface area contributed by atoms with Crippen molar-refractivity contribution < 1.29 is 13.2 Å². The summed E-state index contributed by atoms with van der Waals surface area (Å²) < 4.78 is 25.5. The number of rotatable bonds is 8. The predicted molar refractivity (Wildman–Crippen MR) is 89.2 cm³/mol. The number of sulfonamides is 1. The van der Waals surface area contributed by atoms with E-state index in [1.807, 2.05) is 14.1 Å². The van der Waals surface area contributed by atoms with Crippen molar-refractivity contribution in [2.75, 3.05) is 40.0 Å². The molecule has 0 unspecified atom stereocenters. The summed E-state index contributed by atoms with van der Waals surface area (Å²) in [6.07, 6.45) is 8.19. The van der Waals surface area contributed by atoms with Gasteiger partial charge in [0, 0.05) is 12.6 Å². The first-order valence-electron chi connectivity index (χ1n) is 8.19. The van der Waals surface area contributed by atoms with Gasteiger partial charge in [-0.25, -0.2) is 8.42 Å². The summed E-state index contributed by atoms with van der Waals surface area (Å²) in [4.78, 5) is 14.1. The Morgan fingerprint density at radius 3 is 2.23 bits per heavy atom. The number of carbonyl (C=O) groups is 1. The number of hydrogen-bond donors (Lipinski definition) is 1. The van der Waals surface area contributed by atoms with E-state index in [-0.39, 0.29) is 18.5 Å². The molecule has 0 radical (unpaired) electrons. The maximum atomic E-state index is 12.0. The van der Waals surface area contributed by atoms with Crippen molar-refractivity contribution in [3.8, 4) is 0 Å². The quantitative estimate of drug-likeness (QED) is 0.532. The van der Waals surface area contributed by atoms with Gasteiger partial charge in [-0.15, -0.1) is 0 Å². The summed E-state index contributed by atoms with van der Waals surface area (Å²) in [5.41, 5.74) is 0. The van der Waals surface area contributed by atoms with E-state index in [2.05, 4.69) is 10.2 Å². The molecule has 1 N–H and O–H groups in total. The minimum atomic E-state index is -3.36. The highest BCUT2D eigenvalue weighted by molar-refractivity contribution is 7.88. The molecule has 0 saturated heterocycles. The van der Waals surface area contributed by atoms with Gasteiger partial charge in [0.15, 0.2) is 0 Å². The Hall–Kier alpha value is -0.660. The zero-order valence-electron chi connectivity index (χ0n) is 14.2. The second kappa shape index (κ2) is 9.47. The van der Waals surface area contributed by atoms with Crippen LogP contribution in [0.2, 0.25) is 0 Å². The average molecular weight is 333 g/mol. The van der Waals surface area contributed by atoms with Crippen molar-refractivity contribution in [1.82, 2.24) is 14.5 Å². The molecule has 0 heterocycles. The van der Waals surface area contributed by atoms with E-state index < -0.39 is 10.0 Å². The maximum absolute atomic E-state index is 12.0. The van der Waals surface area contributed by atoms with Crippen LogP contribution < -0.4 is 5.32 Å². The first-order chi connectivity index (χ1) is 10.3. The van der Waals surface area contributed by atoms with E-state index in [1.54, 1.807) is 0 Å². The molecule has 130 valence electrons. The second-order valence-electron chi connectivity index (χ2n) is 6.46. The molecular formula is C15H31N3O3S. The van der Waals surface area contributed by atoms with Crippen LogP contribution in [0.1, 0.15) is 44.9 Å². The standard InChI is InChI=1S/C15H31N3O3S/c1-17(2)12-8-11-16-15(19)13-18(22(3,20)21)14-9-6-4-5-7-10-14/h14H,4-13H2,1-3H3,(H,16,19). The predicted octanol–water partition coefficient (Wildman–Crippen LogP) is 1.04. The van der Waals surface area contributed by atoms with Crippen LogP contribution in [-0.2, 0) is 14.8 Å². The zero-order valence-corrected chi connectivity index (χ0v) is 15.0. The Bertz CT molecular complexity index is 429. The minimum absolute atomic E-state index is 0.0231. The Kier molecular flexibility index (Phi) is 8.35. The highest BCUT2D eigenvalue weighted by atomic mass is 32.2. The molecule has 0 spiro atoms. The van der Waals surface area contributed by atoms with Crippen LogP contribution >= 0.6 is 0 Å². The Morgan fingerprint density at radius 1 is 1.14 bits per heavy atom. The van der Waals surface area contributed by atoms with Crippen LogP contribution in [0.15, 0.2) is 0 Å². The highest BCUT2D eigenvalue weighted by Crippen LogP contribution is 2.23. The van der Waals surface area contributed by atoms with Crippen molar-refractivity contribution in [1.29, 1.82) is 0 Å². The van der Waals surface area contributed by atoms with Gasteiger partial charge in [0.1, 0.15) is 0 Å². The summed E-state index contributed by atoms with van der Waals surface area (Å²) in [5.74, 6) is -0.201. The second-order valence-corrected chi connectivity index (χ2v) is 8.40. The van der Waals surface area contributed by atoms with E-state index in [1.165, 1.54) is 10.6 Å². The van der Waals surface area contributed by atoms with Crippen LogP contribution in [-0.4, -0.2) is 69.6 Å².